The number of rotatable bonds is 4. The Hall–Kier alpha value is -2.43. The average Bonchev–Trinajstić information content (AvgIpc) is 2.48. The molecule has 0 saturated carbocycles. The molecule has 0 fully saturated rings. The summed E-state index contributed by atoms with van der Waals surface area (Å²) in [5, 5.41) is 3.15. The molecule has 0 amide bonds. The fourth-order valence-corrected chi connectivity index (χ4v) is 1.79. The SMILES string of the molecule is COC(=O)C(C)(Nc1ccccc1)c1cnccn1. The summed E-state index contributed by atoms with van der Waals surface area (Å²) in [6, 6.07) is 9.42. The maximum Gasteiger partial charge on any atom is 0.337 e. The molecular weight excluding hydrogens is 242 g/mol. The van der Waals surface area contributed by atoms with E-state index in [2.05, 4.69) is 15.3 Å². The summed E-state index contributed by atoms with van der Waals surface area (Å²) in [7, 11) is 1.35. The van der Waals surface area contributed by atoms with Crippen LogP contribution in [0.2, 0.25) is 0 Å². The van der Waals surface area contributed by atoms with Crippen LogP contribution in [0.4, 0.5) is 5.69 Å². The Morgan fingerprint density at radius 1 is 1.26 bits per heavy atom. The van der Waals surface area contributed by atoms with Crippen LogP contribution in [0.3, 0.4) is 0 Å². The van der Waals surface area contributed by atoms with Crippen molar-refractivity contribution in [1.82, 2.24) is 9.97 Å². The summed E-state index contributed by atoms with van der Waals surface area (Å²) in [4.78, 5) is 20.3. The summed E-state index contributed by atoms with van der Waals surface area (Å²) in [5.74, 6) is -0.420. The van der Waals surface area contributed by atoms with Gasteiger partial charge in [0.15, 0.2) is 5.54 Å². The molecule has 0 aliphatic heterocycles. The lowest BCUT2D eigenvalue weighted by Crippen LogP contribution is -2.42. The lowest BCUT2D eigenvalue weighted by atomic mass is 9.97. The molecule has 5 heteroatoms. The first-order valence-electron chi connectivity index (χ1n) is 5.85. The van der Waals surface area contributed by atoms with Crippen molar-refractivity contribution >= 4 is 11.7 Å². The fourth-order valence-electron chi connectivity index (χ4n) is 1.79. The zero-order valence-electron chi connectivity index (χ0n) is 10.8. The summed E-state index contributed by atoms with van der Waals surface area (Å²) >= 11 is 0. The maximum atomic E-state index is 12.1. The van der Waals surface area contributed by atoms with E-state index in [1.807, 2.05) is 30.3 Å². The van der Waals surface area contributed by atoms with Crippen LogP contribution < -0.4 is 5.32 Å². The van der Waals surface area contributed by atoms with Crippen molar-refractivity contribution in [2.75, 3.05) is 12.4 Å². The molecule has 98 valence electrons. The van der Waals surface area contributed by atoms with Gasteiger partial charge in [-0.3, -0.25) is 9.97 Å². The van der Waals surface area contributed by atoms with E-state index in [4.69, 9.17) is 4.74 Å². The molecule has 2 rings (SSSR count). The molecule has 0 spiro atoms. The van der Waals surface area contributed by atoms with E-state index in [9.17, 15) is 4.79 Å². The molecule has 1 heterocycles. The molecular formula is C14H15N3O2. The van der Waals surface area contributed by atoms with E-state index < -0.39 is 11.5 Å². The third kappa shape index (κ3) is 2.70. The van der Waals surface area contributed by atoms with Crippen LogP contribution in [-0.2, 0) is 15.1 Å². The normalized spacial score (nSPS) is 13.4. The van der Waals surface area contributed by atoms with Gasteiger partial charge in [-0.1, -0.05) is 18.2 Å². The highest BCUT2D eigenvalue weighted by Crippen LogP contribution is 2.25. The molecule has 0 radical (unpaired) electrons. The quantitative estimate of drug-likeness (QED) is 0.848. The first kappa shape index (κ1) is 13.0. The van der Waals surface area contributed by atoms with Gasteiger partial charge in [-0.2, -0.15) is 0 Å². The lowest BCUT2D eigenvalue weighted by molar-refractivity contribution is -0.145. The molecule has 0 bridgehead atoms. The Kier molecular flexibility index (Phi) is 3.75. The van der Waals surface area contributed by atoms with Crippen molar-refractivity contribution in [2.45, 2.75) is 12.5 Å². The van der Waals surface area contributed by atoms with Crippen molar-refractivity contribution in [1.29, 1.82) is 0 Å². The van der Waals surface area contributed by atoms with Crippen molar-refractivity contribution < 1.29 is 9.53 Å². The van der Waals surface area contributed by atoms with Crippen LogP contribution >= 0.6 is 0 Å². The van der Waals surface area contributed by atoms with Crippen LogP contribution in [0.1, 0.15) is 12.6 Å². The van der Waals surface area contributed by atoms with Gasteiger partial charge in [0, 0.05) is 18.1 Å². The molecule has 1 atom stereocenters. The molecule has 2 aromatic rings. The molecule has 1 N–H and O–H groups in total. The van der Waals surface area contributed by atoms with Crippen molar-refractivity contribution in [2.24, 2.45) is 0 Å². The van der Waals surface area contributed by atoms with Crippen molar-refractivity contribution in [3.63, 3.8) is 0 Å². The minimum Gasteiger partial charge on any atom is -0.467 e. The molecule has 0 saturated heterocycles. The smallest absolute Gasteiger partial charge is 0.337 e. The third-order valence-corrected chi connectivity index (χ3v) is 2.84. The fraction of sp³-hybridized carbons (Fsp3) is 0.214. The van der Waals surface area contributed by atoms with Gasteiger partial charge in [-0.15, -0.1) is 0 Å². The second-order valence-corrected chi connectivity index (χ2v) is 4.20. The highest BCUT2D eigenvalue weighted by Gasteiger charge is 2.38. The summed E-state index contributed by atoms with van der Waals surface area (Å²) in [6.45, 7) is 1.72. The molecule has 1 unspecified atom stereocenters. The van der Waals surface area contributed by atoms with Gasteiger partial charge in [-0.05, 0) is 19.1 Å². The van der Waals surface area contributed by atoms with Gasteiger partial charge in [0.05, 0.1) is 19.0 Å². The Bertz CT molecular complexity index is 545. The molecule has 5 nitrogen and oxygen atoms in total. The van der Waals surface area contributed by atoms with E-state index in [0.29, 0.717) is 5.69 Å². The van der Waals surface area contributed by atoms with Gasteiger partial charge in [0.1, 0.15) is 0 Å². The number of benzene rings is 1. The van der Waals surface area contributed by atoms with Crippen LogP contribution in [0.5, 0.6) is 0 Å². The molecule has 0 aliphatic rings. The zero-order valence-corrected chi connectivity index (χ0v) is 10.8. The number of anilines is 1. The molecule has 1 aromatic heterocycles. The molecule has 0 aliphatic carbocycles. The van der Waals surface area contributed by atoms with Crippen LogP contribution in [-0.4, -0.2) is 23.0 Å². The van der Waals surface area contributed by atoms with Gasteiger partial charge < -0.3 is 10.1 Å². The summed E-state index contributed by atoms with van der Waals surface area (Å²) < 4.78 is 4.87. The van der Waals surface area contributed by atoms with Gasteiger partial charge in [0.25, 0.3) is 0 Å². The number of carbonyl (C=O) groups excluding carboxylic acids is 1. The topological polar surface area (TPSA) is 64.1 Å². The number of nitrogens with zero attached hydrogens (tertiary/aromatic N) is 2. The van der Waals surface area contributed by atoms with E-state index in [-0.39, 0.29) is 0 Å². The first-order valence-corrected chi connectivity index (χ1v) is 5.85. The van der Waals surface area contributed by atoms with Gasteiger partial charge in [-0.25, -0.2) is 4.79 Å². The number of methoxy groups -OCH3 is 1. The first-order chi connectivity index (χ1) is 9.16. The second kappa shape index (κ2) is 5.48. The summed E-state index contributed by atoms with van der Waals surface area (Å²) in [5.41, 5.74) is 0.233. The average molecular weight is 257 g/mol. The van der Waals surface area contributed by atoms with E-state index >= 15 is 0 Å². The number of hydrogen-bond acceptors (Lipinski definition) is 5. The predicted molar refractivity (Wildman–Crippen MR) is 71.5 cm³/mol. The van der Waals surface area contributed by atoms with E-state index in [0.717, 1.165) is 5.69 Å². The second-order valence-electron chi connectivity index (χ2n) is 4.20. The van der Waals surface area contributed by atoms with E-state index in [1.165, 1.54) is 7.11 Å². The van der Waals surface area contributed by atoms with Gasteiger partial charge >= 0.3 is 5.97 Å². The van der Waals surface area contributed by atoms with Crippen molar-refractivity contribution in [3.05, 3.63) is 54.6 Å². The standard InChI is InChI=1S/C14H15N3O2/c1-14(13(18)19-2,12-10-15-8-9-16-12)17-11-6-4-3-5-7-11/h3-10,17H,1-2H3. The number of ether oxygens (including phenoxy) is 1. The van der Waals surface area contributed by atoms with Crippen LogP contribution in [0.15, 0.2) is 48.9 Å². The largest absolute Gasteiger partial charge is 0.467 e. The Balaban J connectivity index is 2.39. The van der Waals surface area contributed by atoms with Crippen LogP contribution in [0.25, 0.3) is 0 Å². The van der Waals surface area contributed by atoms with Crippen molar-refractivity contribution in [3.8, 4) is 0 Å². The number of esters is 1. The van der Waals surface area contributed by atoms with E-state index in [1.54, 1.807) is 25.5 Å². The predicted octanol–water partition coefficient (Wildman–Crippen LogP) is 1.98. The molecule has 1 aromatic carbocycles. The highest BCUT2D eigenvalue weighted by molar-refractivity contribution is 5.85. The Morgan fingerprint density at radius 3 is 2.58 bits per heavy atom. The number of aromatic nitrogens is 2. The number of hydrogen-bond donors (Lipinski definition) is 1. The Labute approximate surface area is 111 Å². The maximum absolute atomic E-state index is 12.1. The third-order valence-electron chi connectivity index (χ3n) is 2.84. The number of para-hydroxylation sites is 1. The lowest BCUT2D eigenvalue weighted by Gasteiger charge is -2.28. The Morgan fingerprint density at radius 2 is 2.00 bits per heavy atom. The zero-order chi connectivity index (χ0) is 13.7. The minimum absolute atomic E-state index is 0.420. The van der Waals surface area contributed by atoms with Crippen LogP contribution in [0, 0.1) is 0 Å². The minimum atomic E-state index is -1.08. The monoisotopic (exact) mass is 257 g/mol. The highest BCUT2D eigenvalue weighted by atomic mass is 16.5. The van der Waals surface area contributed by atoms with Gasteiger partial charge in [0.2, 0.25) is 0 Å². The number of carbonyl (C=O) groups is 1. The number of nitrogens with one attached hydrogen (secondary N) is 1. The molecule has 19 heavy (non-hydrogen) atoms. The summed E-state index contributed by atoms with van der Waals surface area (Å²) in [6.07, 6.45) is 4.65.